The minimum Gasteiger partial charge on any atom is -0.317 e. The molecule has 0 bridgehead atoms. The monoisotopic (exact) mass is 291 g/mol. The van der Waals surface area contributed by atoms with Crippen LogP contribution in [-0.4, -0.2) is 36.5 Å². The van der Waals surface area contributed by atoms with Gasteiger partial charge in [-0.25, -0.2) is 0 Å². The molecule has 0 aliphatic carbocycles. The second-order valence-electron chi connectivity index (χ2n) is 5.84. The Morgan fingerprint density at radius 3 is 2.95 bits per heavy atom. The maximum absolute atomic E-state index is 11.0. The van der Waals surface area contributed by atoms with Gasteiger partial charge in [0.15, 0.2) is 0 Å². The highest BCUT2D eigenvalue weighted by molar-refractivity contribution is 5.36. The largest absolute Gasteiger partial charge is 0.317 e. The third-order valence-electron chi connectivity index (χ3n) is 4.34. The van der Waals surface area contributed by atoms with Crippen LogP contribution in [0.5, 0.6) is 0 Å². The summed E-state index contributed by atoms with van der Waals surface area (Å²) in [6.07, 6.45) is 3.60. The van der Waals surface area contributed by atoms with Crippen molar-refractivity contribution in [2.75, 3.05) is 26.7 Å². The molecule has 1 aromatic rings. The minimum atomic E-state index is -0.306. The maximum Gasteiger partial charge on any atom is 0.269 e. The number of likely N-dealkylation sites (tertiary alicyclic amines) is 1. The third kappa shape index (κ3) is 4.02. The van der Waals surface area contributed by atoms with E-state index in [1.165, 1.54) is 19.3 Å². The molecule has 1 aliphatic heterocycles. The van der Waals surface area contributed by atoms with Crippen molar-refractivity contribution in [3.8, 4) is 0 Å². The molecular formula is C16H25N3O2. The number of nitrogens with one attached hydrogen (secondary N) is 1. The number of nitro groups is 1. The zero-order valence-electron chi connectivity index (χ0n) is 12.9. The van der Waals surface area contributed by atoms with Gasteiger partial charge in [-0.05, 0) is 51.0 Å². The molecule has 1 fully saturated rings. The molecule has 5 nitrogen and oxygen atoms in total. The number of nitro benzene ring substituents is 1. The molecule has 1 heterocycles. The number of hydrogen-bond donors (Lipinski definition) is 1. The normalized spacial score (nSPS) is 23.7. The van der Waals surface area contributed by atoms with Crippen molar-refractivity contribution in [1.82, 2.24) is 10.2 Å². The number of non-ortho nitro benzene ring substituents is 1. The van der Waals surface area contributed by atoms with Gasteiger partial charge in [-0.1, -0.05) is 25.5 Å². The zero-order chi connectivity index (χ0) is 15.2. The third-order valence-corrected chi connectivity index (χ3v) is 4.34. The number of benzene rings is 1. The Hall–Kier alpha value is -1.46. The first-order valence-electron chi connectivity index (χ1n) is 7.78. The molecule has 0 radical (unpaired) electrons. The Morgan fingerprint density at radius 2 is 2.24 bits per heavy atom. The molecule has 0 aromatic heterocycles. The molecule has 0 spiro atoms. The quantitative estimate of drug-likeness (QED) is 0.669. The van der Waals surface area contributed by atoms with Gasteiger partial charge in [0.05, 0.1) is 4.92 Å². The summed E-state index contributed by atoms with van der Waals surface area (Å²) >= 11 is 0. The van der Waals surface area contributed by atoms with Crippen LogP contribution in [0.1, 0.15) is 37.8 Å². The van der Waals surface area contributed by atoms with Crippen molar-refractivity contribution >= 4 is 5.69 Å². The summed E-state index contributed by atoms with van der Waals surface area (Å²) in [5, 5.41) is 14.5. The lowest BCUT2D eigenvalue weighted by molar-refractivity contribution is -0.385. The fraction of sp³-hybridized carbons (Fsp3) is 0.625. The average Bonchev–Trinajstić information content (AvgIpc) is 2.66. The molecular weight excluding hydrogens is 266 g/mol. The van der Waals surface area contributed by atoms with E-state index >= 15 is 0 Å². The van der Waals surface area contributed by atoms with E-state index < -0.39 is 0 Å². The van der Waals surface area contributed by atoms with Crippen LogP contribution in [0.3, 0.4) is 0 Å². The molecule has 2 rings (SSSR count). The Labute approximate surface area is 126 Å². The van der Waals surface area contributed by atoms with E-state index in [0.717, 1.165) is 25.2 Å². The van der Waals surface area contributed by atoms with Gasteiger partial charge < -0.3 is 5.32 Å². The number of nitrogens with zero attached hydrogens (tertiary/aromatic N) is 2. The van der Waals surface area contributed by atoms with Crippen molar-refractivity contribution in [3.63, 3.8) is 0 Å². The van der Waals surface area contributed by atoms with Gasteiger partial charge >= 0.3 is 0 Å². The van der Waals surface area contributed by atoms with Crippen LogP contribution in [0.25, 0.3) is 0 Å². The Balaban J connectivity index is 2.29. The second-order valence-corrected chi connectivity index (χ2v) is 5.84. The van der Waals surface area contributed by atoms with Crippen LogP contribution in [0.15, 0.2) is 24.3 Å². The molecule has 1 aromatic carbocycles. The highest BCUT2D eigenvalue weighted by Gasteiger charge is 2.29. The van der Waals surface area contributed by atoms with Gasteiger partial charge in [0.25, 0.3) is 5.69 Å². The SMILES string of the molecule is CCNCC1CCCCN(C)C1c1cccc([N+](=O)[O-])c1. The Morgan fingerprint density at radius 1 is 1.43 bits per heavy atom. The maximum atomic E-state index is 11.0. The van der Waals surface area contributed by atoms with Crippen molar-refractivity contribution in [2.24, 2.45) is 5.92 Å². The molecule has 0 saturated carbocycles. The molecule has 1 N–H and O–H groups in total. The van der Waals surface area contributed by atoms with E-state index in [0.29, 0.717) is 5.92 Å². The lowest BCUT2D eigenvalue weighted by Gasteiger charge is -2.33. The van der Waals surface area contributed by atoms with Crippen molar-refractivity contribution in [3.05, 3.63) is 39.9 Å². The van der Waals surface area contributed by atoms with E-state index in [1.807, 2.05) is 6.07 Å². The summed E-state index contributed by atoms with van der Waals surface area (Å²) in [5.74, 6) is 0.499. The summed E-state index contributed by atoms with van der Waals surface area (Å²) in [6.45, 7) is 5.09. The second kappa shape index (κ2) is 7.52. The van der Waals surface area contributed by atoms with Crippen LogP contribution in [-0.2, 0) is 0 Å². The van der Waals surface area contributed by atoms with E-state index in [-0.39, 0.29) is 16.7 Å². The van der Waals surface area contributed by atoms with Gasteiger partial charge in [0.2, 0.25) is 0 Å². The lowest BCUT2D eigenvalue weighted by Crippen LogP contribution is -2.34. The average molecular weight is 291 g/mol. The molecule has 0 amide bonds. The van der Waals surface area contributed by atoms with E-state index in [2.05, 4.69) is 24.2 Å². The van der Waals surface area contributed by atoms with Gasteiger partial charge in [-0.15, -0.1) is 0 Å². The highest BCUT2D eigenvalue weighted by Crippen LogP contribution is 2.35. The first kappa shape index (κ1) is 15.9. The van der Waals surface area contributed by atoms with Crippen molar-refractivity contribution in [1.29, 1.82) is 0 Å². The fourth-order valence-corrected chi connectivity index (χ4v) is 3.32. The number of hydrogen-bond acceptors (Lipinski definition) is 4. The highest BCUT2D eigenvalue weighted by atomic mass is 16.6. The van der Waals surface area contributed by atoms with Crippen LogP contribution in [0, 0.1) is 16.0 Å². The standard InChI is InChI=1S/C16H25N3O2/c1-3-17-12-14-7-4-5-10-18(2)16(14)13-8-6-9-15(11-13)19(20)21/h6,8-9,11,14,16-17H,3-5,7,10,12H2,1-2H3. The van der Waals surface area contributed by atoms with Crippen LogP contribution >= 0.6 is 0 Å². The van der Waals surface area contributed by atoms with E-state index in [9.17, 15) is 10.1 Å². The summed E-state index contributed by atoms with van der Waals surface area (Å²) in [7, 11) is 2.13. The molecule has 116 valence electrons. The zero-order valence-corrected chi connectivity index (χ0v) is 12.9. The lowest BCUT2D eigenvalue weighted by atomic mass is 9.89. The Bertz CT molecular complexity index is 478. The van der Waals surface area contributed by atoms with Gasteiger partial charge in [0, 0.05) is 18.2 Å². The molecule has 1 aliphatic rings. The molecule has 2 unspecified atom stereocenters. The van der Waals surface area contributed by atoms with Crippen molar-refractivity contribution < 1.29 is 4.92 Å². The molecule has 21 heavy (non-hydrogen) atoms. The van der Waals surface area contributed by atoms with Gasteiger partial charge in [-0.3, -0.25) is 15.0 Å². The predicted molar refractivity (Wildman–Crippen MR) is 84.4 cm³/mol. The summed E-state index contributed by atoms with van der Waals surface area (Å²) in [6, 6.07) is 7.39. The first-order chi connectivity index (χ1) is 10.1. The molecule has 1 saturated heterocycles. The number of rotatable bonds is 5. The predicted octanol–water partition coefficient (Wildman–Crippen LogP) is 2.98. The van der Waals surface area contributed by atoms with E-state index in [1.54, 1.807) is 18.2 Å². The smallest absolute Gasteiger partial charge is 0.269 e. The van der Waals surface area contributed by atoms with Crippen LogP contribution in [0.2, 0.25) is 0 Å². The first-order valence-corrected chi connectivity index (χ1v) is 7.78. The summed E-state index contributed by atoms with van der Waals surface area (Å²) in [5.41, 5.74) is 1.25. The van der Waals surface area contributed by atoms with E-state index in [4.69, 9.17) is 0 Å². The van der Waals surface area contributed by atoms with Gasteiger partial charge in [0.1, 0.15) is 0 Å². The van der Waals surface area contributed by atoms with Gasteiger partial charge in [-0.2, -0.15) is 0 Å². The van der Waals surface area contributed by atoms with Crippen LogP contribution < -0.4 is 5.32 Å². The van der Waals surface area contributed by atoms with Crippen molar-refractivity contribution in [2.45, 2.75) is 32.2 Å². The Kier molecular flexibility index (Phi) is 5.70. The fourth-order valence-electron chi connectivity index (χ4n) is 3.32. The summed E-state index contributed by atoms with van der Waals surface area (Å²) in [4.78, 5) is 13.1. The van der Waals surface area contributed by atoms with Crippen LogP contribution in [0.4, 0.5) is 5.69 Å². The molecule has 5 heteroatoms. The summed E-state index contributed by atoms with van der Waals surface area (Å²) < 4.78 is 0. The topological polar surface area (TPSA) is 58.4 Å². The molecule has 2 atom stereocenters. The minimum absolute atomic E-state index is 0.187.